The number of hydrogen-bond acceptors (Lipinski definition) is 2. The number of rotatable bonds is 3. The second kappa shape index (κ2) is 6.28. The van der Waals surface area contributed by atoms with Gasteiger partial charge in [0.2, 0.25) is 0 Å². The molecule has 20 heavy (non-hydrogen) atoms. The van der Waals surface area contributed by atoms with Gasteiger partial charge in [-0.15, -0.1) is 0 Å². The van der Waals surface area contributed by atoms with E-state index in [-0.39, 0.29) is 12.1 Å². The van der Waals surface area contributed by atoms with Crippen LogP contribution in [-0.2, 0) is 4.74 Å². The third kappa shape index (κ3) is 2.91. The zero-order valence-electron chi connectivity index (χ0n) is 12.6. The van der Waals surface area contributed by atoms with Crippen LogP contribution in [0.3, 0.4) is 0 Å². The molecule has 2 aliphatic rings. The molecule has 2 aliphatic carbocycles. The molecule has 2 nitrogen and oxygen atoms in total. The van der Waals surface area contributed by atoms with Gasteiger partial charge in [0.25, 0.3) is 0 Å². The van der Waals surface area contributed by atoms with Gasteiger partial charge in [0.1, 0.15) is 0 Å². The number of fused-ring (bicyclic) bond motifs is 1. The maximum atomic E-state index is 6.44. The maximum absolute atomic E-state index is 6.44. The normalized spacial score (nSPS) is 31.0. The van der Waals surface area contributed by atoms with E-state index in [4.69, 9.17) is 10.5 Å². The Morgan fingerprint density at radius 1 is 1.10 bits per heavy atom. The predicted molar refractivity (Wildman–Crippen MR) is 82.7 cm³/mol. The molecule has 0 spiro atoms. The molecular formula is C18H27NO. The van der Waals surface area contributed by atoms with E-state index in [2.05, 4.69) is 31.2 Å². The monoisotopic (exact) mass is 273 g/mol. The Kier molecular flexibility index (Phi) is 4.42. The molecule has 1 aromatic rings. The molecule has 3 unspecified atom stereocenters. The van der Waals surface area contributed by atoms with Gasteiger partial charge in [-0.3, -0.25) is 0 Å². The molecule has 1 aromatic carbocycles. The molecule has 0 radical (unpaired) electrons. The van der Waals surface area contributed by atoms with Crippen LogP contribution in [0.1, 0.15) is 68.5 Å². The van der Waals surface area contributed by atoms with Gasteiger partial charge < -0.3 is 10.5 Å². The molecule has 3 rings (SSSR count). The highest BCUT2D eigenvalue weighted by atomic mass is 16.5. The summed E-state index contributed by atoms with van der Waals surface area (Å²) in [6.07, 6.45) is 8.10. The first kappa shape index (κ1) is 14.1. The molecule has 0 aliphatic heterocycles. The number of ether oxygens (including phenoxy) is 1. The average Bonchev–Trinajstić information content (AvgIpc) is 2.50. The van der Waals surface area contributed by atoms with Gasteiger partial charge in [-0.2, -0.15) is 0 Å². The van der Waals surface area contributed by atoms with Crippen molar-refractivity contribution < 1.29 is 4.74 Å². The summed E-state index contributed by atoms with van der Waals surface area (Å²) < 4.78 is 6.24. The van der Waals surface area contributed by atoms with Gasteiger partial charge in [-0.25, -0.2) is 0 Å². The summed E-state index contributed by atoms with van der Waals surface area (Å²) in [6, 6.07) is 8.65. The summed E-state index contributed by atoms with van der Waals surface area (Å²) in [6.45, 7) is 3.20. The van der Waals surface area contributed by atoms with Crippen molar-refractivity contribution in [2.45, 2.75) is 63.5 Å². The topological polar surface area (TPSA) is 35.2 Å². The molecule has 2 N–H and O–H groups in total. The van der Waals surface area contributed by atoms with Crippen LogP contribution in [-0.4, -0.2) is 12.7 Å². The van der Waals surface area contributed by atoms with Crippen molar-refractivity contribution in [3.05, 3.63) is 35.4 Å². The van der Waals surface area contributed by atoms with E-state index < -0.39 is 0 Å². The summed E-state index contributed by atoms with van der Waals surface area (Å²) >= 11 is 0. The smallest absolute Gasteiger partial charge is 0.0773 e. The van der Waals surface area contributed by atoms with Crippen molar-refractivity contribution in [3.8, 4) is 0 Å². The predicted octanol–water partition coefficient (Wildman–Crippen LogP) is 4.16. The Bertz CT molecular complexity index is 439. The summed E-state index contributed by atoms with van der Waals surface area (Å²) in [5.41, 5.74) is 9.15. The quantitative estimate of drug-likeness (QED) is 0.897. The summed E-state index contributed by atoms with van der Waals surface area (Å²) in [7, 11) is 0. The molecule has 110 valence electrons. The maximum Gasteiger partial charge on any atom is 0.0773 e. The fraction of sp³-hybridized carbons (Fsp3) is 0.667. The van der Waals surface area contributed by atoms with Gasteiger partial charge >= 0.3 is 0 Å². The minimum absolute atomic E-state index is 0.0472. The molecular weight excluding hydrogens is 246 g/mol. The summed E-state index contributed by atoms with van der Waals surface area (Å²) in [5.74, 6) is 1.32. The van der Waals surface area contributed by atoms with E-state index in [9.17, 15) is 0 Å². The van der Waals surface area contributed by atoms with Gasteiger partial charge in [0.05, 0.1) is 12.1 Å². The van der Waals surface area contributed by atoms with Crippen LogP contribution in [0.2, 0.25) is 0 Å². The summed E-state index contributed by atoms with van der Waals surface area (Å²) in [4.78, 5) is 0. The highest BCUT2D eigenvalue weighted by molar-refractivity contribution is 5.35. The first-order chi connectivity index (χ1) is 9.75. The van der Waals surface area contributed by atoms with Crippen molar-refractivity contribution in [2.24, 2.45) is 11.7 Å². The third-order valence-corrected chi connectivity index (χ3v) is 5.14. The van der Waals surface area contributed by atoms with E-state index >= 15 is 0 Å². The standard InChI is InChI=1S/C18H27NO/c1-13-11-17(20-12-14-7-3-2-4-8-14)18(19)16-10-6-5-9-15(13)16/h5-6,9-10,13-14,17-18H,2-4,7-8,11-12,19H2,1H3. The van der Waals surface area contributed by atoms with E-state index in [1.54, 1.807) is 0 Å². The van der Waals surface area contributed by atoms with E-state index in [0.29, 0.717) is 5.92 Å². The molecule has 2 heteroatoms. The van der Waals surface area contributed by atoms with E-state index in [0.717, 1.165) is 18.9 Å². The Morgan fingerprint density at radius 2 is 1.80 bits per heavy atom. The lowest BCUT2D eigenvalue weighted by atomic mass is 9.79. The minimum Gasteiger partial charge on any atom is -0.376 e. The van der Waals surface area contributed by atoms with Crippen molar-refractivity contribution in [1.82, 2.24) is 0 Å². The lowest BCUT2D eigenvalue weighted by Gasteiger charge is -2.36. The van der Waals surface area contributed by atoms with Crippen LogP contribution in [0, 0.1) is 5.92 Å². The summed E-state index contributed by atoms with van der Waals surface area (Å²) in [5, 5.41) is 0. The van der Waals surface area contributed by atoms with Crippen LogP contribution < -0.4 is 5.73 Å². The Labute approximate surface area is 122 Å². The van der Waals surface area contributed by atoms with Gasteiger partial charge in [-0.1, -0.05) is 50.5 Å². The van der Waals surface area contributed by atoms with Gasteiger partial charge in [0.15, 0.2) is 0 Å². The van der Waals surface area contributed by atoms with Crippen LogP contribution in [0.5, 0.6) is 0 Å². The fourth-order valence-electron chi connectivity index (χ4n) is 3.87. The average molecular weight is 273 g/mol. The van der Waals surface area contributed by atoms with Gasteiger partial charge in [0, 0.05) is 6.61 Å². The number of nitrogens with two attached hydrogens (primary N) is 1. The first-order valence-corrected chi connectivity index (χ1v) is 8.21. The van der Waals surface area contributed by atoms with E-state index in [1.807, 2.05) is 0 Å². The second-order valence-corrected chi connectivity index (χ2v) is 6.67. The molecule has 0 bridgehead atoms. The Balaban J connectivity index is 1.63. The van der Waals surface area contributed by atoms with Crippen molar-refractivity contribution >= 4 is 0 Å². The van der Waals surface area contributed by atoms with Crippen molar-refractivity contribution in [1.29, 1.82) is 0 Å². The Morgan fingerprint density at radius 3 is 2.55 bits per heavy atom. The molecule has 0 aromatic heterocycles. The highest BCUT2D eigenvalue weighted by Crippen LogP contribution is 2.38. The van der Waals surface area contributed by atoms with Crippen LogP contribution in [0.15, 0.2) is 24.3 Å². The lowest BCUT2D eigenvalue weighted by Crippen LogP contribution is -2.36. The fourth-order valence-corrected chi connectivity index (χ4v) is 3.87. The SMILES string of the molecule is CC1CC(OCC2CCCCC2)C(N)c2ccccc21. The largest absolute Gasteiger partial charge is 0.376 e. The van der Waals surface area contributed by atoms with E-state index in [1.165, 1.54) is 43.2 Å². The second-order valence-electron chi connectivity index (χ2n) is 6.67. The molecule has 0 heterocycles. The highest BCUT2D eigenvalue weighted by Gasteiger charge is 2.31. The van der Waals surface area contributed by atoms with Crippen LogP contribution >= 0.6 is 0 Å². The molecule has 0 amide bonds. The van der Waals surface area contributed by atoms with Crippen LogP contribution in [0.25, 0.3) is 0 Å². The molecule has 0 saturated heterocycles. The lowest BCUT2D eigenvalue weighted by molar-refractivity contribution is -0.00581. The zero-order chi connectivity index (χ0) is 13.9. The number of hydrogen-bond donors (Lipinski definition) is 1. The van der Waals surface area contributed by atoms with Gasteiger partial charge in [-0.05, 0) is 42.2 Å². The van der Waals surface area contributed by atoms with Crippen molar-refractivity contribution in [3.63, 3.8) is 0 Å². The Hall–Kier alpha value is -0.860. The minimum atomic E-state index is 0.0472. The third-order valence-electron chi connectivity index (χ3n) is 5.14. The van der Waals surface area contributed by atoms with Crippen LogP contribution in [0.4, 0.5) is 0 Å². The zero-order valence-corrected chi connectivity index (χ0v) is 12.6. The van der Waals surface area contributed by atoms with Crippen molar-refractivity contribution in [2.75, 3.05) is 6.61 Å². The first-order valence-electron chi connectivity index (χ1n) is 8.21. The molecule has 1 saturated carbocycles. The molecule has 3 atom stereocenters. The molecule has 1 fully saturated rings. The number of benzene rings is 1.